The molecule has 0 aromatic heterocycles. The summed E-state index contributed by atoms with van der Waals surface area (Å²) < 4.78 is 73.6. The summed E-state index contributed by atoms with van der Waals surface area (Å²) in [4.78, 5) is 0. The van der Waals surface area contributed by atoms with E-state index in [1.165, 1.54) is 89.2 Å². The molecule has 2 aliphatic carbocycles. The van der Waals surface area contributed by atoms with Crippen LogP contribution in [-0.4, -0.2) is 0 Å². The smallest absolute Gasteiger partial charge is 0.426 e. The van der Waals surface area contributed by atoms with E-state index in [0.717, 1.165) is 36.2 Å². The van der Waals surface area contributed by atoms with Crippen LogP contribution >= 0.6 is 0 Å². The minimum atomic E-state index is -3.80. The number of hydrogen-bond acceptors (Lipinski definition) is 1. The van der Waals surface area contributed by atoms with Crippen LogP contribution in [0.2, 0.25) is 0 Å². The third-order valence-corrected chi connectivity index (χ3v) is 8.93. The van der Waals surface area contributed by atoms with Crippen LogP contribution in [-0.2, 0) is 6.11 Å². The Morgan fingerprint density at radius 2 is 1.21 bits per heavy atom. The molecule has 0 bridgehead atoms. The van der Waals surface area contributed by atoms with Crippen molar-refractivity contribution in [3.8, 4) is 5.75 Å². The van der Waals surface area contributed by atoms with Gasteiger partial charge in [0.15, 0.2) is 17.5 Å². The maximum Gasteiger partial charge on any atom is 0.426 e. The molecule has 38 heavy (non-hydrogen) atoms. The van der Waals surface area contributed by atoms with E-state index in [9.17, 15) is 22.0 Å². The Kier molecular flexibility index (Phi) is 10.1. The van der Waals surface area contributed by atoms with Gasteiger partial charge in [-0.25, -0.2) is 13.2 Å². The molecule has 0 radical (unpaired) electrons. The summed E-state index contributed by atoms with van der Waals surface area (Å²) in [5.74, 6) is -2.67. The molecule has 2 fully saturated rings. The fourth-order valence-electron chi connectivity index (χ4n) is 6.50. The molecule has 0 aliphatic heterocycles. The standard InChI is InChI=1S/C32H41F5O/c1-2-3-4-5-22-6-8-23(9-7-22)10-11-24-12-14-25(15-13-24)26-16-18-27(19-17-26)32(36,37)38-28-20-29(33)31(35)30(34)21-28/h16-25H,2-15H2,1H3. The Hall–Kier alpha value is -2.11. The fourth-order valence-corrected chi connectivity index (χ4v) is 6.50. The van der Waals surface area contributed by atoms with Crippen LogP contribution in [0.15, 0.2) is 36.4 Å². The molecule has 2 saturated carbocycles. The summed E-state index contributed by atoms with van der Waals surface area (Å²) in [7, 11) is 0. The Morgan fingerprint density at radius 1 is 0.711 bits per heavy atom. The number of unbranched alkanes of at least 4 members (excludes halogenated alkanes) is 2. The summed E-state index contributed by atoms with van der Waals surface area (Å²) in [6, 6.07) is 6.83. The lowest BCUT2D eigenvalue weighted by Crippen LogP contribution is -2.22. The first-order chi connectivity index (χ1) is 18.2. The predicted octanol–water partition coefficient (Wildman–Crippen LogP) is 10.7. The number of alkyl halides is 2. The van der Waals surface area contributed by atoms with Crippen molar-refractivity contribution in [1.29, 1.82) is 0 Å². The maximum absolute atomic E-state index is 14.6. The first-order valence-electron chi connectivity index (χ1n) is 14.6. The third-order valence-electron chi connectivity index (χ3n) is 8.93. The Morgan fingerprint density at radius 3 is 1.74 bits per heavy atom. The van der Waals surface area contributed by atoms with E-state index in [1.54, 1.807) is 12.1 Å². The van der Waals surface area contributed by atoms with Gasteiger partial charge in [-0.3, -0.25) is 0 Å². The van der Waals surface area contributed by atoms with Crippen LogP contribution < -0.4 is 4.74 Å². The van der Waals surface area contributed by atoms with Gasteiger partial charge in [-0.1, -0.05) is 83.3 Å². The van der Waals surface area contributed by atoms with Crippen LogP contribution in [0, 0.1) is 35.2 Å². The van der Waals surface area contributed by atoms with E-state index in [0.29, 0.717) is 18.1 Å². The Bertz CT molecular complexity index is 982. The van der Waals surface area contributed by atoms with Crippen LogP contribution in [0.3, 0.4) is 0 Å². The number of ether oxygens (including phenoxy) is 1. The zero-order valence-electron chi connectivity index (χ0n) is 22.5. The van der Waals surface area contributed by atoms with Crippen molar-refractivity contribution in [1.82, 2.24) is 0 Å². The molecular formula is C32H41F5O. The van der Waals surface area contributed by atoms with Gasteiger partial charge in [0.2, 0.25) is 0 Å². The van der Waals surface area contributed by atoms with Gasteiger partial charge in [0.1, 0.15) is 5.75 Å². The molecule has 0 N–H and O–H groups in total. The maximum atomic E-state index is 14.6. The van der Waals surface area contributed by atoms with Gasteiger partial charge in [0.05, 0.1) is 5.56 Å². The molecule has 0 spiro atoms. The van der Waals surface area contributed by atoms with Crippen molar-refractivity contribution < 1.29 is 26.7 Å². The Labute approximate surface area is 224 Å². The van der Waals surface area contributed by atoms with E-state index in [2.05, 4.69) is 11.7 Å². The number of benzene rings is 2. The molecule has 210 valence electrons. The normalized spacial score (nSPS) is 24.4. The molecule has 0 amide bonds. The first kappa shape index (κ1) is 28.9. The molecule has 0 heterocycles. The van der Waals surface area contributed by atoms with Gasteiger partial charge in [0, 0.05) is 12.1 Å². The van der Waals surface area contributed by atoms with Crippen LogP contribution in [0.1, 0.15) is 114 Å². The monoisotopic (exact) mass is 536 g/mol. The van der Waals surface area contributed by atoms with Crippen LogP contribution in [0.4, 0.5) is 22.0 Å². The molecule has 1 nitrogen and oxygen atoms in total. The van der Waals surface area contributed by atoms with Crippen molar-refractivity contribution in [2.45, 2.75) is 109 Å². The molecule has 0 saturated heterocycles. The summed E-state index contributed by atoms with van der Waals surface area (Å²) in [5.41, 5.74) is 0.614. The van der Waals surface area contributed by atoms with Gasteiger partial charge in [-0.15, -0.1) is 0 Å². The number of rotatable bonds is 11. The highest BCUT2D eigenvalue weighted by atomic mass is 19.3. The molecule has 2 aromatic rings. The second-order valence-electron chi connectivity index (χ2n) is 11.6. The van der Waals surface area contributed by atoms with E-state index >= 15 is 0 Å². The van der Waals surface area contributed by atoms with Crippen molar-refractivity contribution in [3.05, 3.63) is 65.0 Å². The van der Waals surface area contributed by atoms with Crippen molar-refractivity contribution >= 4 is 0 Å². The Balaban J connectivity index is 1.21. The van der Waals surface area contributed by atoms with Crippen molar-refractivity contribution in [2.75, 3.05) is 0 Å². The molecule has 0 atom stereocenters. The predicted molar refractivity (Wildman–Crippen MR) is 141 cm³/mol. The third kappa shape index (κ3) is 7.72. The number of halogens is 5. The van der Waals surface area contributed by atoms with E-state index in [4.69, 9.17) is 0 Å². The van der Waals surface area contributed by atoms with Crippen molar-refractivity contribution in [3.63, 3.8) is 0 Å². The van der Waals surface area contributed by atoms with Gasteiger partial charge < -0.3 is 4.74 Å². The molecular weight excluding hydrogens is 495 g/mol. The second kappa shape index (κ2) is 13.3. The highest BCUT2D eigenvalue weighted by Crippen LogP contribution is 2.41. The van der Waals surface area contributed by atoms with Gasteiger partial charge in [0.25, 0.3) is 0 Å². The fraction of sp³-hybridized carbons (Fsp3) is 0.625. The second-order valence-corrected chi connectivity index (χ2v) is 11.6. The minimum Gasteiger partial charge on any atom is -0.429 e. The SMILES string of the molecule is CCCCCC1CCC(CCC2CCC(c3ccc(C(F)(F)Oc4cc(F)c(F)c(F)c4)cc3)CC2)CC1. The lowest BCUT2D eigenvalue weighted by Gasteiger charge is -2.32. The average molecular weight is 537 g/mol. The van der Waals surface area contributed by atoms with E-state index < -0.39 is 34.9 Å². The topological polar surface area (TPSA) is 9.23 Å². The summed E-state index contributed by atoms with van der Waals surface area (Å²) >= 11 is 0. The quantitative estimate of drug-likeness (QED) is 0.158. The molecule has 4 rings (SSSR count). The van der Waals surface area contributed by atoms with Crippen molar-refractivity contribution in [2.24, 2.45) is 17.8 Å². The largest absolute Gasteiger partial charge is 0.429 e. The highest BCUT2D eigenvalue weighted by Gasteiger charge is 2.35. The summed E-state index contributed by atoms with van der Waals surface area (Å²) in [5, 5.41) is 0. The zero-order chi connectivity index (χ0) is 27.1. The van der Waals surface area contributed by atoms with Crippen LogP contribution in [0.25, 0.3) is 0 Å². The van der Waals surface area contributed by atoms with E-state index in [-0.39, 0.29) is 0 Å². The molecule has 6 heteroatoms. The zero-order valence-corrected chi connectivity index (χ0v) is 22.5. The minimum absolute atomic E-state index is 0.355. The molecule has 0 unspecified atom stereocenters. The lowest BCUT2D eigenvalue weighted by molar-refractivity contribution is -0.185. The molecule has 2 aromatic carbocycles. The van der Waals surface area contributed by atoms with Gasteiger partial charge in [-0.2, -0.15) is 8.78 Å². The number of hydrogen-bond donors (Lipinski definition) is 0. The highest BCUT2D eigenvalue weighted by molar-refractivity contribution is 5.30. The lowest BCUT2D eigenvalue weighted by atomic mass is 9.74. The van der Waals surface area contributed by atoms with Gasteiger partial charge in [-0.05, 0) is 67.1 Å². The first-order valence-corrected chi connectivity index (χ1v) is 14.6. The van der Waals surface area contributed by atoms with E-state index in [1.807, 2.05) is 0 Å². The summed E-state index contributed by atoms with van der Waals surface area (Å²) in [6.07, 6.45) is 14.5. The molecule has 2 aliphatic rings. The average Bonchev–Trinajstić information content (AvgIpc) is 2.91. The van der Waals surface area contributed by atoms with Crippen LogP contribution in [0.5, 0.6) is 5.75 Å². The van der Waals surface area contributed by atoms with Gasteiger partial charge >= 0.3 is 6.11 Å². The summed E-state index contributed by atoms with van der Waals surface area (Å²) in [6.45, 7) is 2.27.